The molecule has 1 aromatic rings. The number of carboxylic acids is 1. The summed E-state index contributed by atoms with van der Waals surface area (Å²) in [6.07, 6.45) is 1.82. The van der Waals surface area contributed by atoms with Gasteiger partial charge in [-0.3, -0.25) is 9.59 Å². The molecule has 0 heterocycles. The third-order valence-electron chi connectivity index (χ3n) is 3.29. The van der Waals surface area contributed by atoms with Crippen molar-refractivity contribution in [3.63, 3.8) is 0 Å². The molecule has 96 valence electrons. The maximum Gasteiger partial charge on any atom is 0.308 e. The molecule has 2 N–H and O–H groups in total. The van der Waals surface area contributed by atoms with E-state index in [1.807, 2.05) is 30.3 Å². The second-order valence-corrected chi connectivity index (χ2v) is 4.80. The normalized spacial score (nSPS) is 17.8. The number of benzene rings is 1. The van der Waals surface area contributed by atoms with Crippen LogP contribution in [-0.2, 0) is 9.59 Å². The molecule has 0 spiro atoms. The summed E-state index contributed by atoms with van der Waals surface area (Å²) in [4.78, 5) is 22.9. The van der Waals surface area contributed by atoms with Crippen LogP contribution in [0.5, 0.6) is 0 Å². The lowest BCUT2D eigenvalue weighted by molar-refractivity contribution is -0.142. The molecular formula is C14H17NO3. The Bertz CT molecular complexity index is 440. The summed E-state index contributed by atoms with van der Waals surface area (Å²) in [5, 5.41) is 12.0. The average Bonchev–Trinajstić information content (AvgIpc) is 3.20. The molecule has 0 saturated heterocycles. The van der Waals surface area contributed by atoms with Crippen molar-refractivity contribution >= 4 is 11.9 Å². The van der Waals surface area contributed by atoms with Gasteiger partial charge in [0.1, 0.15) is 0 Å². The summed E-state index contributed by atoms with van der Waals surface area (Å²) < 4.78 is 0. The second kappa shape index (κ2) is 5.21. The minimum Gasteiger partial charge on any atom is -0.481 e. The van der Waals surface area contributed by atoms with E-state index in [2.05, 4.69) is 5.32 Å². The first kappa shape index (κ1) is 12.6. The molecule has 0 aliphatic heterocycles. The van der Waals surface area contributed by atoms with Crippen LogP contribution in [-0.4, -0.2) is 17.0 Å². The fourth-order valence-electron chi connectivity index (χ4n) is 1.92. The van der Waals surface area contributed by atoms with Gasteiger partial charge in [0.05, 0.1) is 12.0 Å². The number of carbonyl (C=O) groups excluding carboxylic acids is 1. The van der Waals surface area contributed by atoms with E-state index in [9.17, 15) is 9.59 Å². The van der Waals surface area contributed by atoms with Crippen molar-refractivity contribution < 1.29 is 14.7 Å². The predicted molar refractivity (Wildman–Crippen MR) is 66.8 cm³/mol. The van der Waals surface area contributed by atoms with Gasteiger partial charge < -0.3 is 10.4 Å². The zero-order valence-electron chi connectivity index (χ0n) is 10.3. The molecule has 0 bridgehead atoms. The van der Waals surface area contributed by atoms with E-state index in [1.54, 1.807) is 6.92 Å². The lowest BCUT2D eigenvalue weighted by atomic mass is 9.94. The Morgan fingerprint density at radius 2 is 1.89 bits per heavy atom. The van der Waals surface area contributed by atoms with Crippen molar-refractivity contribution in [1.82, 2.24) is 5.32 Å². The van der Waals surface area contributed by atoms with Crippen LogP contribution in [0.2, 0.25) is 0 Å². The Morgan fingerprint density at radius 3 is 2.39 bits per heavy atom. The summed E-state index contributed by atoms with van der Waals surface area (Å²) in [6, 6.07) is 8.79. The molecule has 2 rings (SSSR count). The van der Waals surface area contributed by atoms with Crippen LogP contribution < -0.4 is 5.32 Å². The van der Waals surface area contributed by atoms with Crippen LogP contribution in [0.15, 0.2) is 30.3 Å². The summed E-state index contributed by atoms with van der Waals surface area (Å²) in [5.74, 6) is -1.50. The topological polar surface area (TPSA) is 66.4 Å². The highest BCUT2D eigenvalue weighted by Gasteiger charge is 2.34. The number of carbonyl (C=O) groups is 2. The number of rotatable bonds is 5. The smallest absolute Gasteiger partial charge is 0.308 e. The fraction of sp³-hybridized carbons (Fsp3) is 0.429. The predicted octanol–water partition coefficient (Wildman–Crippen LogP) is 1.97. The zero-order chi connectivity index (χ0) is 13.1. The maximum atomic E-state index is 11.8. The summed E-state index contributed by atoms with van der Waals surface area (Å²) in [7, 11) is 0. The van der Waals surface area contributed by atoms with Gasteiger partial charge in [-0.1, -0.05) is 30.3 Å². The van der Waals surface area contributed by atoms with Crippen LogP contribution in [0.1, 0.15) is 31.4 Å². The molecule has 4 heteroatoms. The Morgan fingerprint density at radius 1 is 1.28 bits per heavy atom. The van der Waals surface area contributed by atoms with Crippen molar-refractivity contribution in [3.8, 4) is 0 Å². The first-order chi connectivity index (χ1) is 8.59. The van der Waals surface area contributed by atoms with Gasteiger partial charge in [-0.05, 0) is 25.3 Å². The molecule has 0 aromatic heterocycles. The van der Waals surface area contributed by atoms with Crippen LogP contribution >= 0.6 is 0 Å². The number of aliphatic carboxylic acids is 1. The molecule has 18 heavy (non-hydrogen) atoms. The van der Waals surface area contributed by atoms with Gasteiger partial charge in [0.15, 0.2) is 0 Å². The van der Waals surface area contributed by atoms with Gasteiger partial charge >= 0.3 is 5.97 Å². The Balaban J connectivity index is 2.16. The summed E-state index contributed by atoms with van der Waals surface area (Å²) >= 11 is 0. The Labute approximate surface area is 106 Å². The molecule has 1 aromatic carbocycles. The average molecular weight is 247 g/mol. The van der Waals surface area contributed by atoms with Gasteiger partial charge in [-0.25, -0.2) is 0 Å². The lowest BCUT2D eigenvalue weighted by Gasteiger charge is -2.22. The van der Waals surface area contributed by atoms with Gasteiger partial charge in [-0.15, -0.1) is 0 Å². The van der Waals surface area contributed by atoms with Crippen LogP contribution in [0.25, 0.3) is 0 Å². The molecular weight excluding hydrogens is 230 g/mol. The summed E-state index contributed by atoms with van der Waals surface area (Å²) in [5.41, 5.74) is 0.835. The molecule has 2 atom stereocenters. The highest BCUT2D eigenvalue weighted by atomic mass is 16.4. The monoisotopic (exact) mass is 247 g/mol. The van der Waals surface area contributed by atoms with Crippen LogP contribution in [0.4, 0.5) is 0 Å². The molecule has 1 fully saturated rings. The molecule has 2 unspecified atom stereocenters. The largest absolute Gasteiger partial charge is 0.481 e. The third-order valence-corrected chi connectivity index (χ3v) is 3.29. The Kier molecular flexibility index (Phi) is 3.65. The quantitative estimate of drug-likeness (QED) is 0.836. The third kappa shape index (κ3) is 2.88. The molecule has 1 aliphatic rings. The van der Waals surface area contributed by atoms with Gasteiger partial charge in [0, 0.05) is 5.92 Å². The number of nitrogens with one attached hydrogen (secondary N) is 1. The van der Waals surface area contributed by atoms with Gasteiger partial charge in [0.2, 0.25) is 5.91 Å². The minimum absolute atomic E-state index is 0.0306. The SMILES string of the molecule is CC(C(=O)O)C(NC(=O)C1CC1)c1ccccc1. The van der Waals surface area contributed by atoms with E-state index in [1.165, 1.54) is 0 Å². The molecule has 1 amide bonds. The van der Waals surface area contributed by atoms with E-state index in [0.717, 1.165) is 18.4 Å². The van der Waals surface area contributed by atoms with E-state index in [-0.39, 0.29) is 11.8 Å². The lowest BCUT2D eigenvalue weighted by Crippen LogP contribution is -2.36. The fourth-order valence-corrected chi connectivity index (χ4v) is 1.92. The van der Waals surface area contributed by atoms with Crippen molar-refractivity contribution in [2.75, 3.05) is 0 Å². The van der Waals surface area contributed by atoms with Crippen molar-refractivity contribution in [2.45, 2.75) is 25.8 Å². The van der Waals surface area contributed by atoms with Crippen LogP contribution in [0, 0.1) is 11.8 Å². The minimum atomic E-state index is -0.903. The van der Waals surface area contributed by atoms with Gasteiger partial charge in [0.25, 0.3) is 0 Å². The molecule has 1 aliphatic carbocycles. The van der Waals surface area contributed by atoms with E-state index < -0.39 is 17.9 Å². The van der Waals surface area contributed by atoms with Gasteiger partial charge in [-0.2, -0.15) is 0 Å². The zero-order valence-corrected chi connectivity index (χ0v) is 10.3. The standard InChI is InChI=1S/C14H17NO3/c1-9(14(17)18)12(10-5-3-2-4-6-10)15-13(16)11-7-8-11/h2-6,9,11-12H,7-8H2,1H3,(H,15,16)(H,17,18). The highest BCUT2D eigenvalue weighted by molar-refractivity contribution is 5.82. The van der Waals surface area contributed by atoms with E-state index in [0.29, 0.717) is 0 Å². The number of hydrogen-bond acceptors (Lipinski definition) is 2. The van der Waals surface area contributed by atoms with E-state index >= 15 is 0 Å². The van der Waals surface area contributed by atoms with Crippen molar-refractivity contribution in [3.05, 3.63) is 35.9 Å². The van der Waals surface area contributed by atoms with Crippen molar-refractivity contribution in [2.24, 2.45) is 11.8 Å². The molecule has 4 nitrogen and oxygen atoms in total. The van der Waals surface area contributed by atoms with E-state index in [4.69, 9.17) is 5.11 Å². The molecule has 1 saturated carbocycles. The highest BCUT2D eigenvalue weighted by Crippen LogP contribution is 2.31. The first-order valence-electron chi connectivity index (χ1n) is 6.17. The second-order valence-electron chi connectivity index (χ2n) is 4.80. The summed E-state index contributed by atoms with van der Waals surface area (Å²) in [6.45, 7) is 1.62. The number of hydrogen-bond donors (Lipinski definition) is 2. The first-order valence-corrected chi connectivity index (χ1v) is 6.17. The maximum absolute atomic E-state index is 11.8. The molecule has 0 radical (unpaired) electrons. The number of amides is 1. The van der Waals surface area contributed by atoms with Crippen molar-refractivity contribution in [1.29, 1.82) is 0 Å². The van der Waals surface area contributed by atoms with Crippen LogP contribution in [0.3, 0.4) is 0 Å². The Hall–Kier alpha value is -1.84. The number of carboxylic acid groups (broad SMARTS) is 1.